The molecule has 0 aliphatic heterocycles. The van der Waals surface area contributed by atoms with Crippen LogP contribution in [0.2, 0.25) is 0 Å². The van der Waals surface area contributed by atoms with E-state index in [-0.39, 0.29) is 0 Å². The van der Waals surface area contributed by atoms with Gasteiger partial charge in [0.25, 0.3) is 6.43 Å². The van der Waals surface area contributed by atoms with E-state index in [2.05, 4.69) is 4.98 Å². The summed E-state index contributed by atoms with van der Waals surface area (Å²) in [7, 11) is 0. The Morgan fingerprint density at radius 3 is 2.46 bits per heavy atom. The Bertz CT molecular complexity index is 369. The van der Waals surface area contributed by atoms with Crippen molar-refractivity contribution in [1.82, 2.24) is 4.98 Å². The second-order valence-electron chi connectivity index (χ2n) is 2.11. The lowest BCUT2D eigenvalue weighted by molar-refractivity contribution is 0.144. The maximum absolute atomic E-state index is 12.6. The third-order valence-corrected chi connectivity index (χ3v) is 1.32. The maximum atomic E-state index is 12.6. The molecule has 13 heavy (non-hydrogen) atoms. The summed E-state index contributed by atoms with van der Waals surface area (Å²) < 4.78 is 49.0. The van der Waals surface area contributed by atoms with Crippen LogP contribution in [0.1, 0.15) is 17.6 Å². The van der Waals surface area contributed by atoms with Gasteiger partial charge in [0.05, 0.1) is 17.2 Å². The highest BCUT2D eigenvalue weighted by atomic mass is 19.3. The number of aromatic nitrogens is 1. The number of pyridine rings is 1. The van der Waals surface area contributed by atoms with E-state index in [1.807, 2.05) is 0 Å². The zero-order chi connectivity index (χ0) is 10.0. The first-order valence-electron chi connectivity index (χ1n) is 3.10. The number of alkyl halides is 2. The molecule has 1 rings (SSSR count). The summed E-state index contributed by atoms with van der Waals surface area (Å²) >= 11 is 0. The molecule has 0 spiro atoms. The van der Waals surface area contributed by atoms with Crippen molar-refractivity contribution in [2.24, 2.45) is 0 Å². The van der Waals surface area contributed by atoms with Crippen molar-refractivity contribution in [3.05, 3.63) is 29.1 Å². The highest BCUT2D eigenvalue weighted by Crippen LogP contribution is 2.24. The number of hydrogen-bond acceptors (Lipinski definition) is 2. The first-order valence-corrected chi connectivity index (χ1v) is 3.10. The molecule has 0 N–H and O–H groups in total. The van der Waals surface area contributed by atoms with Gasteiger partial charge in [0.15, 0.2) is 0 Å². The Morgan fingerprint density at radius 1 is 1.38 bits per heavy atom. The lowest BCUT2D eigenvalue weighted by Crippen LogP contribution is -2.01. The van der Waals surface area contributed by atoms with Gasteiger partial charge in [-0.05, 0) is 0 Å². The van der Waals surface area contributed by atoms with Crippen molar-refractivity contribution >= 4 is 0 Å². The second-order valence-corrected chi connectivity index (χ2v) is 2.11. The topological polar surface area (TPSA) is 36.7 Å². The number of hydrogen-bond donors (Lipinski definition) is 0. The van der Waals surface area contributed by atoms with E-state index in [1.54, 1.807) is 0 Å². The van der Waals surface area contributed by atoms with Gasteiger partial charge in [-0.3, -0.25) is 0 Å². The third kappa shape index (κ3) is 1.75. The minimum Gasteiger partial charge on any atom is -0.205 e. The second kappa shape index (κ2) is 3.39. The Hall–Kier alpha value is -1.64. The number of nitrogens with zero attached hydrogens (tertiary/aromatic N) is 2. The van der Waals surface area contributed by atoms with E-state index < -0.39 is 29.4 Å². The first-order chi connectivity index (χ1) is 6.06. The molecule has 0 saturated carbocycles. The van der Waals surface area contributed by atoms with Gasteiger partial charge in [-0.1, -0.05) is 0 Å². The molecule has 0 radical (unpaired) electrons. The smallest absolute Gasteiger partial charge is 0.205 e. The lowest BCUT2D eigenvalue weighted by Gasteiger charge is -2.02. The van der Waals surface area contributed by atoms with Gasteiger partial charge in [-0.15, -0.1) is 0 Å². The average Bonchev–Trinajstić information content (AvgIpc) is 2.01. The van der Waals surface area contributed by atoms with Gasteiger partial charge in [0.1, 0.15) is 0 Å². The fourth-order valence-electron chi connectivity index (χ4n) is 0.794. The van der Waals surface area contributed by atoms with Crippen LogP contribution >= 0.6 is 0 Å². The van der Waals surface area contributed by atoms with Crippen molar-refractivity contribution in [3.8, 4) is 6.07 Å². The molecule has 0 unspecified atom stereocenters. The van der Waals surface area contributed by atoms with Crippen molar-refractivity contribution < 1.29 is 17.6 Å². The highest BCUT2D eigenvalue weighted by Gasteiger charge is 2.20. The summed E-state index contributed by atoms with van der Waals surface area (Å²) in [4.78, 5) is 2.54. The minimum atomic E-state index is -3.18. The Balaban J connectivity index is 3.41. The minimum absolute atomic E-state index is 0.463. The molecular weight excluding hydrogens is 188 g/mol. The number of nitriles is 1. The van der Waals surface area contributed by atoms with Gasteiger partial charge in [-0.2, -0.15) is 19.0 Å². The fraction of sp³-hybridized carbons (Fsp3) is 0.143. The van der Waals surface area contributed by atoms with Crippen molar-refractivity contribution in [3.63, 3.8) is 0 Å². The SMILES string of the molecule is N#Cc1cc(F)nc(F)c1C(F)F. The monoisotopic (exact) mass is 190 g/mol. The Labute approximate surface area is 70.4 Å². The van der Waals surface area contributed by atoms with E-state index in [9.17, 15) is 17.6 Å². The lowest BCUT2D eigenvalue weighted by atomic mass is 10.1. The van der Waals surface area contributed by atoms with Crippen molar-refractivity contribution in [1.29, 1.82) is 5.26 Å². The molecule has 0 bridgehead atoms. The molecule has 0 atom stereocenters. The van der Waals surface area contributed by atoms with Crippen LogP contribution in [0.15, 0.2) is 6.07 Å². The molecule has 0 saturated heterocycles. The molecule has 2 nitrogen and oxygen atoms in total. The van der Waals surface area contributed by atoms with Crippen molar-refractivity contribution in [2.45, 2.75) is 6.43 Å². The zero-order valence-corrected chi connectivity index (χ0v) is 6.06. The molecule has 68 valence electrons. The van der Waals surface area contributed by atoms with Gasteiger partial charge < -0.3 is 0 Å². The maximum Gasteiger partial charge on any atom is 0.269 e. The summed E-state index contributed by atoms with van der Waals surface area (Å²) in [6, 6.07) is 1.72. The largest absolute Gasteiger partial charge is 0.269 e. The van der Waals surface area contributed by atoms with Crippen LogP contribution in [-0.4, -0.2) is 4.98 Å². The summed E-state index contributed by atoms with van der Waals surface area (Å²) in [5.74, 6) is -2.94. The quantitative estimate of drug-likeness (QED) is 0.502. The van der Waals surface area contributed by atoms with Gasteiger partial charge >= 0.3 is 0 Å². The summed E-state index contributed by atoms with van der Waals surface area (Å²) in [5, 5.41) is 8.27. The van der Waals surface area contributed by atoms with E-state index in [0.29, 0.717) is 6.07 Å². The predicted octanol–water partition coefficient (Wildman–Crippen LogP) is 2.17. The number of halogens is 4. The standard InChI is InChI=1S/C7H2F4N2/c8-4-1-3(2-12)5(6(9)10)7(11)13-4/h1,6H. The highest BCUT2D eigenvalue weighted by molar-refractivity contribution is 5.36. The molecule has 0 fully saturated rings. The van der Waals surface area contributed by atoms with Crippen LogP contribution in [0, 0.1) is 23.2 Å². The van der Waals surface area contributed by atoms with Crippen LogP contribution in [0.4, 0.5) is 17.6 Å². The van der Waals surface area contributed by atoms with E-state index in [0.717, 1.165) is 0 Å². The molecule has 1 aromatic rings. The predicted molar refractivity (Wildman–Crippen MR) is 33.8 cm³/mol. The molecule has 1 aromatic heterocycles. The van der Waals surface area contributed by atoms with Crippen LogP contribution in [-0.2, 0) is 0 Å². The molecular formula is C7H2F4N2. The Kier molecular flexibility index (Phi) is 2.46. The van der Waals surface area contributed by atoms with Crippen LogP contribution in [0.25, 0.3) is 0 Å². The van der Waals surface area contributed by atoms with E-state index >= 15 is 0 Å². The van der Waals surface area contributed by atoms with Gasteiger partial charge in [-0.25, -0.2) is 8.78 Å². The summed E-state index contributed by atoms with van der Waals surface area (Å²) in [5.41, 5.74) is -1.90. The van der Waals surface area contributed by atoms with Crippen LogP contribution < -0.4 is 0 Å². The molecule has 6 heteroatoms. The van der Waals surface area contributed by atoms with Crippen LogP contribution in [0.5, 0.6) is 0 Å². The molecule has 0 aliphatic carbocycles. The molecule has 0 amide bonds. The molecule has 1 heterocycles. The van der Waals surface area contributed by atoms with Crippen molar-refractivity contribution in [2.75, 3.05) is 0 Å². The third-order valence-electron chi connectivity index (χ3n) is 1.32. The molecule has 0 aromatic carbocycles. The Morgan fingerprint density at radius 2 is 2.00 bits per heavy atom. The zero-order valence-electron chi connectivity index (χ0n) is 6.06. The average molecular weight is 190 g/mol. The normalized spacial score (nSPS) is 10.2. The van der Waals surface area contributed by atoms with E-state index in [4.69, 9.17) is 5.26 Å². The summed E-state index contributed by atoms with van der Waals surface area (Å²) in [6.07, 6.45) is -3.18. The van der Waals surface area contributed by atoms with Crippen LogP contribution in [0.3, 0.4) is 0 Å². The van der Waals surface area contributed by atoms with Gasteiger partial charge in [0, 0.05) is 6.07 Å². The fourth-order valence-corrected chi connectivity index (χ4v) is 0.794. The first kappa shape index (κ1) is 9.45. The molecule has 0 aliphatic rings. The van der Waals surface area contributed by atoms with Gasteiger partial charge in [0.2, 0.25) is 11.9 Å². The number of rotatable bonds is 1. The summed E-state index contributed by atoms with van der Waals surface area (Å²) in [6.45, 7) is 0. The van der Waals surface area contributed by atoms with E-state index in [1.165, 1.54) is 6.07 Å².